The third kappa shape index (κ3) is 2.91. The molecule has 2 aliphatic rings. The molecule has 3 rings (SSSR count). The Bertz CT molecular complexity index is 553. The van der Waals surface area contributed by atoms with Gasteiger partial charge in [-0.2, -0.15) is 4.98 Å². The van der Waals surface area contributed by atoms with Gasteiger partial charge in [-0.3, -0.25) is 0 Å². The molecule has 3 heterocycles. The van der Waals surface area contributed by atoms with Gasteiger partial charge in [0, 0.05) is 31.6 Å². The van der Waals surface area contributed by atoms with Crippen LogP contribution in [0, 0.1) is 5.92 Å². The fourth-order valence-electron chi connectivity index (χ4n) is 3.01. The van der Waals surface area contributed by atoms with E-state index in [-0.39, 0.29) is 17.6 Å². The molecule has 114 valence electrons. The van der Waals surface area contributed by atoms with Crippen molar-refractivity contribution in [2.45, 2.75) is 6.04 Å². The second kappa shape index (κ2) is 5.45. The Kier molecular flexibility index (Phi) is 3.64. The molecule has 1 aromatic rings. The Hall–Kier alpha value is -1.93. The lowest BCUT2D eigenvalue weighted by Gasteiger charge is -2.29. The van der Waals surface area contributed by atoms with Crippen LogP contribution >= 0.6 is 0 Å². The monoisotopic (exact) mass is 293 g/mol. The molecule has 0 amide bonds. The number of nitrogen functional groups attached to an aromatic ring is 1. The molecule has 2 fully saturated rings. The van der Waals surface area contributed by atoms with Gasteiger partial charge in [0.05, 0.1) is 19.3 Å². The zero-order chi connectivity index (χ0) is 15.0. The molecule has 0 saturated carbocycles. The van der Waals surface area contributed by atoms with Crippen LogP contribution in [0.3, 0.4) is 0 Å². The zero-order valence-corrected chi connectivity index (χ0v) is 11.9. The first-order valence-corrected chi connectivity index (χ1v) is 6.93. The fourth-order valence-corrected chi connectivity index (χ4v) is 3.01. The summed E-state index contributed by atoms with van der Waals surface area (Å²) < 4.78 is 5.70. The first-order valence-electron chi connectivity index (χ1n) is 6.93. The van der Waals surface area contributed by atoms with E-state index in [0.717, 1.165) is 19.6 Å². The summed E-state index contributed by atoms with van der Waals surface area (Å²) in [4.78, 5) is 23.8. The maximum Gasteiger partial charge on any atom is 0.354 e. The van der Waals surface area contributed by atoms with E-state index in [1.165, 1.54) is 6.07 Å². The minimum Gasteiger partial charge on any atom is -0.477 e. The first kappa shape index (κ1) is 14.0. The Labute approximate surface area is 122 Å². The lowest BCUT2D eigenvalue weighted by Crippen LogP contribution is -2.43. The smallest absolute Gasteiger partial charge is 0.354 e. The molecule has 0 unspecified atom stereocenters. The van der Waals surface area contributed by atoms with Gasteiger partial charge in [-0.05, 0) is 7.05 Å². The van der Waals surface area contributed by atoms with Crippen molar-refractivity contribution in [1.29, 1.82) is 0 Å². The highest BCUT2D eigenvalue weighted by molar-refractivity contribution is 5.86. The topological polar surface area (TPSA) is 105 Å². The zero-order valence-electron chi connectivity index (χ0n) is 11.9. The summed E-state index contributed by atoms with van der Waals surface area (Å²) >= 11 is 0. The molecular formula is C13H19N5O3. The molecule has 2 aliphatic heterocycles. The number of anilines is 2. The van der Waals surface area contributed by atoms with Crippen molar-refractivity contribution in [1.82, 2.24) is 14.9 Å². The lowest BCUT2D eigenvalue weighted by atomic mass is 10.1. The molecule has 8 nitrogen and oxygen atoms in total. The Morgan fingerprint density at radius 3 is 2.95 bits per heavy atom. The molecule has 2 bridgehead atoms. The Morgan fingerprint density at radius 1 is 1.38 bits per heavy atom. The first-order chi connectivity index (χ1) is 10.0. The number of hydrogen-bond acceptors (Lipinski definition) is 7. The van der Waals surface area contributed by atoms with E-state index < -0.39 is 5.97 Å². The standard InChI is InChI=1S/C13H19N5O3/c1-17-3-8-4-18(9(5-17)7-21-6-8)13-15-10(12(19)20)2-11(14)16-13/h2,8-9H,3-7H2,1H3,(H,19,20)(H2,14,15,16)/t8-,9-/m0/s1. The van der Waals surface area contributed by atoms with Gasteiger partial charge in [0.2, 0.25) is 5.95 Å². The van der Waals surface area contributed by atoms with Crippen molar-refractivity contribution in [3.63, 3.8) is 0 Å². The van der Waals surface area contributed by atoms with Crippen LogP contribution in [0.15, 0.2) is 6.07 Å². The van der Waals surface area contributed by atoms with Gasteiger partial charge < -0.3 is 25.4 Å². The number of aromatic carboxylic acids is 1. The van der Waals surface area contributed by atoms with Crippen molar-refractivity contribution >= 4 is 17.7 Å². The number of carboxylic acid groups (broad SMARTS) is 1. The number of rotatable bonds is 2. The quantitative estimate of drug-likeness (QED) is 0.753. The van der Waals surface area contributed by atoms with Crippen LogP contribution in [0.2, 0.25) is 0 Å². The second-order valence-electron chi connectivity index (χ2n) is 5.71. The van der Waals surface area contributed by atoms with Crippen LogP contribution in [0.1, 0.15) is 10.5 Å². The molecule has 1 aromatic heterocycles. The summed E-state index contributed by atoms with van der Waals surface area (Å²) in [5.74, 6) is -0.203. The third-order valence-corrected chi connectivity index (χ3v) is 3.86. The van der Waals surface area contributed by atoms with Gasteiger partial charge in [0.25, 0.3) is 0 Å². The molecular weight excluding hydrogens is 274 g/mol. The fraction of sp³-hybridized carbons (Fsp3) is 0.615. The van der Waals surface area contributed by atoms with E-state index >= 15 is 0 Å². The van der Waals surface area contributed by atoms with E-state index in [1.54, 1.807) is 0 Å². The second-order valence-corrected chi connectivity index (χ2v) is 5.71. The average Bonchev–Trinajstić information content (AvgIpc) is 2.68. The predicted molar refractivity (Wildman–Crippen MR) is 76.3 cm³/mol. The minimum atomic E-state index is -1.10. The summed E-state index contributed by atoms with van der Waals surface area (Å²) in [5, 5.41) is 9.12. The highest BCUT2D eigenvalue weighted by Crippen LogP contribution is 2.23. The number of fused-ring (bicyclic) bond motifs is 3. The molecule has 0 spiro atoms. The molecule has 2 atom stereocenters. The molecule has 3 N–H and O–H groups in total. The third-order valence-electron chi connectivity index (χ3n) is 3.86. The SMILES string of the molecule is CN1C[C@@H]2COC[C@H](C1)N(c1nc(N)cc(C(=O)O)n1)C2. The van der Waals surface area contributed by atoms with Crippen LogP contribution < -0.4 is 10.6 Å². The van der Waals surface area contributed by atoms with E-state index in [0.29, 0.717) is 25.1 Å². The van der Waals surface area contributed by atoms with Crippen molar-refractivity contribution in [2.24, 2.45) is 5.92 Å². The van der Waals surface area contributed by atoms with E-state index in [4.69, 9.17) is 15.6 Å². The number of nitrogens with zero attached hydrogens (tertiary/aromatic N) is 4. The van der Waals surface area contributed by atoms with Gasteiger partial charge in [0.1, 0.15) is 5.82 Å². The van der Waals surface area contributed by atoms with Crippen LogP contribution in [0.4, 0.5) is 11.8 Å². The molecule has 0 radical (unpaired) electrons. The Morgan fingerprint density at radius 2 is 2.19 bits per heavy atom. The largest absolute Gasteiger partial charge is 0.477 e. The van der Waals surface area contributed by atoms with Gasteiger partial charge in [-0.1, -0.05) is 0 Å². The van der Waals surface area contributed by atoms with Gasteiger partial charge in [-0.25, -0.2) is 9.78 Å². The maximum atomic E-state index is 11.1. The average molecular weight is 293 g/mol. The highest BCUT2D eigenvalue weighted by atomic mass is 16.5. The highest BCUT2D eigenvalue weighted by Gasteiger charge is 2.33. The summed E-state index contributed by atoms with van der Waals surface area (Å²) in [7, 11) is 2.08. The number of likely N-dealkylation sites (N-methyl/N-ethyl adjacent to an activating group) is 1. The number of nitrogens with two attached hydrogens (primary N) is 1. The number of carboxylic acids is 1. The number of aromatic nitrogens is 2. The van der Waals surface area contributed by atoms with Crippen LogP contribution in [0.25, 0.3) is 0 Å². The molecule has 0 aromatic carbocycles. The van der Waals surface area contributed by atoms with Crippen LogP contribution in [-0.2, 0) is 4.74 Å². The molecule has 8 heteroatoms. The normalized spacial score (nSPS) is 26.4. The molecule has 2 saturated heterocycles. The maximum absolute atomic E-state index is 11.1. The number of carbonyl (C=O) groups is 1. The van der Waals surface area contributed by atoms with Crippen molar-refractivity contribution < 1.29 is 14.6 Å². The van der Waals surface area contributed by atoms with Crippen LogP contribution in [-0.4, -0.2) is 71.9 Å². The van der Waals surface area contributed by atoms with Crippen LogP contribution in [0.5, 0.6) is 0 Å². The van der Waals surface area contributed by atoms with Gasteiger partial charge in [-0.15, -0.1) is 0 Å². The Balaban J connectivity index is 1.97. The predicted octanol–water partition coefficient (Wildman–Crippen LogP) is -0.476. The number of hydrogen-bond donors (Lipinski definition) is 2. The minimum absolute atomic E-state index is 0.0782. The van der Waals surface area contributed by atoms with E-state index in [2.05, 4.69) is 21.9 Å². The van der Waals surface area contributed by atoms with Gasteiger partial charge >= 0.3 is 5.97 Å². The number of ether oxygens (including phenoxy) is 1. The summed E-state index contributed by atoms with van der Waals surface area (Å²) in [6.45, 7) is 3.81. The van der Waals surface area contributed by atoms with E-state index in [9.17, 15) is 4.79 Å². The summed E-state index contributed by atoms with van der Waals surface area (Å²) in [5.41, 5.74) is 5.65. The lowest BCUT2D eigenvalue weighted by molar-refractivity contribution is 0.0690. The van der Waals surface area contributed by atoms with E-state index in [1.807, 2.05) is 4.90 Å². The molecule has 21 heavy (non-hydrogen) atoms. The van der Waals surface area contributed by atoms with Crippen molar-refractivity contribution in [2.75, 3.05) is 50.5 Å². The molecule has 0 aliphatic carbocycles. The van der Waals surface area contributed by atoms with Crippen molar-refractivity contribution in [3.05, 3.63) is 11.8 Å². The van der Waals surface area contributed by atoms with Gasteiger partial charge in [0.15, 0.2) is 5.69 Å². The summed E-state index contributed by atoms with van der Waals surface area (Å²) in [6.07, 6.45) is 0. The van der Waals surface area contributed by atoms with Crippen molar-refractivity contribution in [3.8, 4) is 0 Å². The summed E-state index contributed by atoms with van der Waals surface area (Å²) in [6, 6.07) is 1.38.